The molecule has 1 fully saturated rings. The highest BCUT2D eigenvalue weighted by molar-refractivity contribution is 5.98. The zero-order valence-corrected chi connectivity index (χ0v) is 14.3. The first kappa shape index (κ1) is 16.3. The molecule has 1 aliphatic heterocycles. The topological polar surface area (TPSA) is 89.9 Å². The molecule has 2 N–H and O–H groups in total. The highest BCUT2D eigenvalue weighted by atomic mass is 16.2. The second-order valence-electron chi connectivity index (χ2n) is 6.45. The van der Waals surface area contributed by atoms with Crippen LogP contribution in [0.2, 0.25) is 0 Å². The van der Waals surface area contributed by atoms with E-state index in [0.29, 0.717) is 31.0 Å². The summed E-state index contributed by atoms with van der Waals surface area (Å²) in [5.74, 6) is 0.545. The second-order valence-corrected chi connectivity index (χ2v) is 6.45. The van der Waals surface area contributed by atoms with Crippen LogP contribution in [0.15, 0.2) is 55.1 Å². The molecule has 1 aliphatic rings. The molecule has 1 unspecified atom stereocenters. The van der Waals surface area contributed by atoms with Gasteiger partial charge >= 0.3 is 0 Å². The predicted octanol–water partition coefficient (Wildman–Crippen LogP) is 1.93. The van der Waals surface area contributed by atoms with Gasteiger partial charge in [0.2, 0.25) is 0 Å². The molecule has 1 saturated heterocycles. The smallest absolute Gasteiger partial charge is 0.259 e. The number of hydrogen-bond donors (Lipinski definition) is 1. The van der Waals surface area contributed by atoms with Crippen molar-refractivity contribution < 1.29 is 4.79 Å². The summed E-state index contributed by atoms with van der Waals surface area (Å²) in [4.78, 5) is 23.2. The van der Waals surface area contributed by atoms with Gasteiger partial charge in [0, 0.05) is 37.6 Å². The van der Waals surface area contributed by atoms with Crippen LogP contribution >= 0.6 is 0 Å². The average Bonchev–Trinajstić information content (AvgIpc) is 3.31. The third-order valence-corrected chi connectivity index (χ3v) is 4.76. The fourth-order valence-corrected chi connectivity index (χ4v) is 3.32. The Kier molecular flexibility index (Phi) is 4.35. The number of carbonyl (C=O) groups is 1. The Morgan fingerprint density at radius 3 is 2.81 bits per heavy atom. The molecule has 1 aromatic carbocycles. The van der Waals surface area contributed by atoms with Crippen LogP contribution in [0.1, 0.15) is 34.0 Å². The summed E-state index contributed by atoms with van der Waals surface area (Å²) in [7, 11) is 0. The van der Waals surface area contributed by atoms with E-state index in [1.54, 1.807) is 29.5 Å². The standard InChI is InChI=1S/C19H20N6O/c20-18-16(10-23-25(18)12-14-4-2-1-3-5-14)19(26)24-9-6-15(13-24)17-11-21-7-8-22-17/h1-5,7-8,10-11,15H,6,9,12-13,20H2. The van der Waals surface area contributed by atoms with Gasteiger partial charge in [0.25, 0.3) is 5.91 Å². The van der Waals surface area contributed by atoms with Gasteiger partial charge in [0.1, 0.15) is 11.4 Å². The van der Waals surface area contributed by atoms with Crippen molar-refractivity contribution in [3.05, 3.63) is 71.9 Å². The van der Waals surface area contributed by atoms with Gasteiger partial charge < -0.3 is 10.6 Å². The lowest BCUT2D eigenvalue weighted by atomic mass is 10.1. The molecular formula is C19H20N6O. The highest BCUT2D eigenvalue weighted by Crippen LogP contribution is 2.27. The van der Waals surface area contributed by atoms with Crippen molar-refractivity contribution in [3.63, 3.8) is 0 Å². The number of anilines is 1. The maximum atomic E-state index is 12.9. The largest absolute Gasteiger partial charge is 0.383 e. The summed E-state index contributed by atoms with van der Waals surface area (Å²) in [6.45, 7) is 1.85. The van der Waals surface area contributed by atoms with Crippen LogP contribution in [-0.2, 0) is 6.54 Å². The van der Waals surface area contributed by atoms with Gasteiger partial charge in [0.15, 0.2) is 0 Å². The molecule has 132 valence electrons. The first-order valence-electron chi connectivity index (χ1n) is 8.63. The third kappa shape index (κ3) is 3.15. The van der Waals surface area contributed by atoms with E-state index < -0.39 is 0 Å². The lowest BCUT2D eigenvalue weighted by molar-refractivity contribution is 0.0791. The fraction of sp³-hybridized carbons (Fsp3) is 0.263. The molecule has 0 aliphatic carbocycles. The molecule has 4 rings (SSSR count). The molecule has 0 saturated carbocycles. The highest BCUT2D eigenvalue weighted by Gasteiger charge is 2.30. The van der Waals surface area contributed by atoms with E-state index in [-0.39, 0.29) is 11.8 Å². The van der Waals surface area contributed by atoms with Gasteiger partial charge in [-0.15, -0.1) is 0 Å². The first-order valence-corrected chi connectivity index (χ1v) is 8.63. The van der Waals surface area contributed by atoms with Gasteiger partial charge in [-0.1, -0.05) is 30.3 Å². The van der Waals surface area contributed by atoms with E-state index in [4.69, 9.17) is 5.73 Å². The van der Waals surface area contributed by atoms with Gasteiger partial charge in [-0.05, 0) is 12.0 Å². The Hall–Kier alpha value is -3.22. The van der Waals surface area contributed by atoms with Crippen LogP contribution in [0, 0.1) is 0 Å². The minimum atomic E-state index is -0.0757. The SMILES string of the molecule is Nc1c(C(=O)N2CCC(c3cnccn3)C2)cnn1Cc1ccccc1. The van der Waals surface area contributed by atoms with E-state index >= 15 is 0 Å². The number of benzene rings is 1. The summed E-state index contributed by atoms with van der Waals surface area (Å²) in [5, 5.41) is 4.30. The third-order valence-electron chi connectivity index (χ3n) is 4.76. The van der Waals surface area contributed by atoms with Crippen molar-refractivity contribution in [1.82, 2.24) is 24.6 Å². The summed E-state index contributed by atoms with van der Waals surface area (Å²) < 4.78 is 1.67. The number of likely N-dealkylation sites (tertiary alicyclic amines) is 1. The van der Waals surface area contributed by atoms with Crippen LogP contribution < -0.4 is 5.73 Å². The van der Waals surface area contributed by atoms with Crippen LogP contribution in [0.3, 0.4) is 0 Å². The van der Waals surface area contributed by atoms with E-state index in [1.165, 1.54) is 0 Å². The van der Waals surface area contributed by atoms with Crippen molar-refractivity contribution in [2.24, 2.45) is 0 Å². The number of nitrogens with zero attached hydrogens (tertiary/aromatic N) is 5. The molecule has 0 radical (unpaired) electrons. The Balaban J connectivity index is 1.47. The quantitative estimate of drug-likeness (QED) is 0.778. The van der Waals surface area contributed by atoms with Crippen molar-refractivity contribution >= 4 is 11.7 Å². The minimum Gasteiger partial charge on any atom is -0.383 e. The summed E-state index contributed by atoms with van der Waals surface area (Å²) in [6.07, 6.45) is 7.55. The molecule has 0 bridgehead atoms. The van der Waals surface area contributed by atoms with E-state index in [1.807, 2.05) is 35.2 Å². The van der Waals surface area contributed by atoms with Gasteiger partial charge in [-0.25, -0.2) is 4.68 Å². The maximum Gasteiger partial charge on any atom is 0.259 e. The first-order chi connectivity index (χ1) is 12.7. The Morgan fingerprint density at radius 2 is 2.04 bits per heavy atom. The molecule has 3 heterocycles. The summed E-state index contributed by atoms with van der Waals surface area (Å²) in [6, 6.07) is 9.92. The number of amides is 1. The number of hydrogen-bond acceptors (Lipinski definition) is 5. The molecular weight excluding hydrogens is 328 g/mol. The Labute approximate surface area is 151 Å². The van der Waals surface area contributed by atoms with E-state index in [0.717, 1.165) is 17.7 Å². The van der Waals surface area contributed by atoms with Gasteiger partial charge in [0.05, 0.1) is 18.4 Å². The zero-order valence-electron chi connectivity index (χ0n) is 14.3. The van der Waals surface area contributed by atoms with Gasteiger partial charge in [-0.3, -0.25) is 14.8 Å². The number of nitrogens with two attached hydrogens (primary N) is 1. The molecule has 0 spiro atoms. The van der Waals surface area contributed by atoms with Crippen molar-refractivity contribution in [2.45, 2.75) is 18.9 Å². The Bertz CT molecular complexity index is 893. The molecule has 7 heteroatoms. The van der Waals surface area contributed by atoms with Crippen molar-refractivity contribution in [2.75, 3.05) is 18.8 Å². The normalized spacial score (nSPS) is 16.8. The molecule has 1 amide bonds. The van der Waals surface area contributed by atoms with Crippen LogP contribution in [-0.4, -0.2) is 43.6 Å². The summed E-state index contributed by atoms with van der Waals surface area (Å²) in [5.41, 5.74) is 8.67. The fourth-order valence-electron chi connectivity index (χ4n) is 3.32. The van der Waals surface area contributed by atoms with Crippen LogP contribution in [0.25, 0.3) is 0 Å². The lowest BCUT2D eigenvalue weighted by Gasteiger charge is -2.16. The average molecular weight is 348 g/mol. The second kappa shape index (κ2) is 6.95. The predicted molar refractivity (Wildman–Crippen MR) is 97.5 cm³/mol. The van der Waals surface area contributed by atoms with Crippen LogP contribution in [0.4, 0.5) is 5.82 Å². The number of nitrogen functional groups attached to an aromatic ring is 1. The Morgan fingerprint density at radius 1 is 1.19 bits per heavy atom. The summed E-state index contributed by atoms with van der Waals surface area (Å²) >= 11 is 0. The van der Waals surface area contributed by atoms with Crippen molar-refractivity contribution in [1.29, 1.82) is 0 Å². The molecule has 2 aromatic heterocycles. The number of rotatable bonds is 4. The van der Waals surface area contributed by atoms with E-state index in [2.05, 4.69) is 15.1 Å². The zero-order chi connectivity index (χ0) is 17.9. The van der Waals surface area contributed by atoms with Crippen LogP contribution in [0.5, 0.6) is 0 Å². The van der Waals surface area contributed by atoms with Gasteiger partial charge in [-0.2, -0.15) is 5.10 Å². The minimum absolute atomic E-state index is 0.0757. The monoisotopic (exact) mass is 348 g/mol. The maximum absolute atomic E-state index is 12.9. The number of carbonyl (C=O) groups excluding carboxylic acids is 1. The van der Waals surface area contributed by atoms with Crippen molar-refractivity contribution in [3.8, 4) is 0 Å². The molecule has 7 nitrogen and oxygen atoms in total. The molecule has 1 atom stereocenters. The molecule has 26 heavy (non-hydrogen) atoms. The molecule has 3 aromatic rings. The lowest BCUT2D eigenvalue weighted by Crippen LogP contribution is -2.29. The number of aromatic nitrogens is 4. The van der Waals surface area contributed by atoms with E-state index in [9.17, 15) is 4.79 Å².